The summed E-state index contributed by atoms with van der Waals surface area (Å²) < 4.78 is 39.0. The summed E-state index contributed by atoms with van der Waals surface area (Å²) in [7, 11) is -3.75. The molecule has 9 heteroatoms. The third kappa shape index (κ3) is 7.33. The molecule has 0 fully saturated rings. The van der Waals surface area contributed by atoms with Gasteiger partial charge >= 0.3 is 0 Å². The minimum absolute atomic E-state index is 0.0342. The van der Waals surface area contributed by atoms with Crippen LogP contribution in [0.15, 0.2) is 132 Å². The van der Waals surface area contributed by atoms with Crippen molar-refractivity contribution in [3.8, 4) is 16.9 Å². The Morgan fingerprint density at radius 3 is 2.18 bits per heavy atom. The maximum absolute atomic E-state index is 14.0. The number of nitrogens with one attached hydrogen (secondary N) is 1. The van der Waals surface area contributed by atoms with Gasteiger partial charge in [0, 0.05) is 31.6 Å². The molecule has 0 radical (unpaired) electrons. The van der Waals surface area contributed by atoms with Gasteiger partial charge < -0.3 is 19.9 Å². The van der Waals surface area contributed by atoms with E-state index in [1.54, 1.807) is 60.7 Å². The summed E-state index contributed by atoms with van der Waals surface area (Å²) in [5.41, 5.74) is 1.73. The highest BCUT2D eigenvalue weighted by atomic mass is 32.2. The van der Waals surface area contributed by atoms with Crippen LogP contribution in [0.1, 0.15) is 30.1 Å². The van der Waals surface area contributed by atoms with Crippen molar-refractivity contribution in [3.05, 3.63) is 133 Å². The third-order valence-electron chi connectivity index (χ3n) is 7.61. The molecule has 232 valence electrons. The maximum Gasteiger partial charge on any atom is 0.252 e. The molecular formula is C36H36N2O6S. The molecule has 4 aromatic rings. The number of aliphatic hydroxyl groups excluding tert-OH is 1. The number of hydrogen-bond donors (Lipinski definition) is 2. The summed E-state index contributed by atoms with van der Waals surface area (Å²) in [6.07, 6.45) is 1.04. The first-order valence-electron chi connectivity index (χ1n) is 14.8. The Kier molecular flexibility index (Phi) is 10.1. The predicted octanol–water partition coefficient (Wildman–Crippen LogP) is 5.54. The van der Waals surface area contributed by atoms with Gasteiger partial charge in [0.05, 0.1) is 17.3 Å². The number of rotatable bonds is 14. The van der Waals surface area contributed by atoms with E-state index in [2.05, 4.69) is 11.9 Å². The standard InChI is InChI=1S/C36H36N2O6S/c1-2-23-37-35(40)36(22-26-45(41,42)32-12-7-4-8-13-32)33(29-16-14-28(15-17-29)27-10-5-3-6-11-27)44-34(38-36)30-18-20-31(21-19-30)43-25-9-24-39/h2-8,10-21,33,39H,1,9,22-26H2,(H,37,40)/t33-,36-/m1/s1. The van der Waals surface area contributed by atoms with E-state index in [0.717, 1.165) is 11.1 Å². The first kappa shape index (κ1) is 31.7. The quantitative estimate of drug-likeness (QED) is 0.141. The van der Waals surface area contributed by atoms with Gasteiger partial charge in [-0.3, -0.25) is 4.79 Å². The van der Waals surface area contributed by atoms with Crippen molar-refractivity contribution in [1.29, 1.82) is 0 Å². The molecule has 0 unspecified atom stereocenters. The van der Waals surface area contributed by atoms with E-state index in [9.17, 15) is 13.2 Å². The van der Waals surface area contributed by atoms with Crippen LogP contribution in [0.4, 0.5) is 0 Å². The van der Waals surface area contributed by atoms with E-state index in [-0.39, 0.29) is 36.1 Å². The predicted molar refractivity (Wildman–Crippen MR) is 175 cm³/mol. The zero-order valence-corrected chi connectivity index (χ0v) is 25.7. The zero-order chi connectivity index (χ0) is 31.7. The highest BCUT2D eigenvalue weighted by Gasteiger charge is 2.53. The molecule has 2 N–H and O–H groups in total. The van der Waals surface area contributed by atoms with E-state index >= 15 is 0 Å². The summed E-state index contributed by atoms with van der Waals surface area (Å²) in [5, 5.41) is 11.9. The van der Waals surface area contributed by atoms with E-state index in [0.29, 0.717) is 29.9 Å². The molecule has 1 aliphatic rings. The summed E-state index contributed by atoms with van der Waals surface area (Å²) in [6, 6.07) is 32.9. The number of carbonyl (C=O) groups is 1. The molecule has 1 heterocycles. The van der Waals surface area contributed by atoms with E-state index in [1.807, 2.05) is 54.6 Å². The second kappa shape index (κ2) is 14.4. The van der Waals surface area contributed by atoms with Gasteiger partial charge in [0.25, 0.3) is 5.91 Å². The maximum atomic E-state index is 14.0. The number of aliphatic hydroxyl groups is 1. The fourth-order valence-corrected chi connectivity index (χ4v) is 6.59. The van der Waals surface area contributed by atoms with Crippen LogP contribution in [0.3, 0.4) is 0 Å². The smallest absolute Gasteiger partial charge is 0.252 e. The van der Waals surface area contributed by atoms with Crippen molar-refractivity contribution < 1.29 is 27.8 Å². The van der Waals surface area contributed by atoms with Gasteiger partial charge in [-0.15, -0.1) is 6.58 Å². The molecule has 0 aliphatic carbocycles. The first-order valence-corrected chi connectivity index (χ1v) is 16.4. The van der Waals surface area contributed by atoms with Gasteiger partial charge in [0.2, 0.25) is 5.90 Å². The van der Waals surface area contributed by atoms with Crippen molar-refractivity contribution in [2.24, 2.45) is 4.99 Å². The average molecular weight is 625 g/mol. The van der Waals surface area contributed by atoms with Crippen LogP contribution in [-0.2, 0) is 19.4 Å². The Hall–Kier alpha value is -4.73. The van der Waals surface area contributed by atoms with Crippen LogP contribution in [-0.4, -0.2) is 56.4 Å². The minimum atomic E-state index is -3.75. The van der Waals surface area contributed by atoms with Crippen molar-refractivity contribution in [1.82, 2.24) is 5.32 Å². The lowest BCUT2D eigenvalue weighted by atomic mass is 9.84. The fraction of sp³-hybridized carbons (Fsp3) is 0.222. The molecule has 0 aromatic heterocycles. The van der Waals surface area contributed by atoms with Crippen LogP contribution in [0.5, 0.6) is 5.75 Å². The Labute approximate surface area is 264 Å². The lowest BCUT2D eigenvalue weighted by molar-refractivity contribution is -0.128. The number of sulfone groups is 1. The Balaban J connectivity index is 1.55. The summed E-state index contributed by atoms with van der Waals surface area (Å²) in [4.78, 5) is 19.1. The Morgan fingerprint density at radius 2 is 1.53 bits per heavy atom. The molecule has 5 rings (SSSR count). The first-order chi connectivity index (χ1) is 21.9. The molecule has 1 aliphatic heterocycles. The average Bonchev–Trinajstić information content (AvgIpc) is 3.48. The van der Waals surface area contributed by atoms with Gasteiger partial charge in [0.1, 0.15) is 5.75 Å². The highest BCUT2D eigenvalue weighted by Crippen LogP contribution is 2.43. The van der Waals surface area contributed by atoms with E-state index < -0.39 is 27.4 Å². The topological polar surface area (TPSA) is 114 Å². The SMILES string of the molecule is C=CCNC(=O)[C@]1(CCS(=O)(=O)c2ccccc2)N=C(c2ccc(OCCCO)cc2)O[C@@H]1c1ccc(-c2ccccc2)cc1. The number of nitrogens with zero attached hydrogens (tertiary/aromatic N) is 1. The summed E-state index contributed by atoms with van der Waals surface area (Å²) in [6.45, 7) is 4.30. The normalized spacial score (nSPS) is 17.6. The van der Waals surface area contributed by atoms with Gasteiger partial charge in [0.15, 0.2) is 21.5 Å². The number of benzene rings is 4. The Morgan fingerprint density at radius 1 is 0.911 bits per heavy atom. The van der Waals surface area contributed by atoms with Crippen molar-refractivity contribution in [2.45, 2.75) is 29.4 Å². The number of amides is 1. The van der Waals surface area contributed by atoms with E-state index in [4.69, 9.17) is 19.6 Å². The molecule has 0 saturated carbocycles. The molecule has 0 spiro atoms. The van der Waals surface area contributed by atoms with Crippen LogP contribution < -0.4 is 10.1 Å². The van der Waals surface area contributed by atoms with E-state index in [1.165, 1.54) is 0 Å². The molecule has 4 aromatic carbocycles. The molecule has 45 heavy (non-hydrogen) atoms. The van der Waals surface area contributed by atoms with Crippen molar-refractivity contribution >= 4 is 21.6 Å². The largest absolute Gasteiger partial charge is 0.494 e. The molecule has 2 atom stereocenters. The minimum Gasteiger partial charge on any atom is -0.494 e. The lowest BCUT2D eigenvalue weighted by Gasteiger charge is -2.30. The second-order valence-corrected chi connectivity index (χ2v) is 12.8. The highest BCUT2D eigenvalue weighted by molar-refractivity contribution is 7.91. The number of ether oxygens (including phenoxy) is 2. The molecular weight excluding hydrogens is 588 g/mol. The molecule has 1 amide bonds. The van der Waals surface area contributed by atoms with Crippen LogP contribution in [0.25, 0.3) is 11.1 Å². The molecule has 8 nitrogen and oxygen atoms in total. The van der Waals surface area contributed by atoms with Gasteiger partial charge in [-0.05, 0) is 53.1 Å². The van der Waals surface area contributed by atoms with Gasteiger partial charge in [-0.2, -0.15) is 0 Å². The molecule has 0 bridgehead atoms. The fourth-order valence-electron chi connectivity index (χ4n) is 5.20. The molecule has 0 saturated heterocycles. The zero-order valence-electron chi connectivity index (χ0n) is 24.8. The van der Waals surface area contributed by atoms with Crippen LogP contribution >= 0.6 is 0 Å². The summed E-state index contributed by atoms with van der Waals surface area (Å²) >= 11 is 0. The van der Waals surface area contributed by atoms with Crippen molar-refractivity contribution in [2.75, 3.05) is 25.5 Å². The van der Waals surface area contributed by atoms with Gasteiger partial charge in [-0.1, -0.05) is 78.9 Å². The summed E-state index contributed by atoms with van der Waals surface area (Å²) in [5.74, 6) is 0.0546. The number of hydrogen-bond acceptors (Lipinski definition) is 7. The number of aliphatic imine (C=N–C) groups is 1. The number of carbonyl (C=O) groups excluding carboxylic acids is 1. The third-order valence-corrected chi connectivity index (χ3v) is 9.34. The van der Waals surface area contributed by atoms with Gasteiger partial charge in [-0.25, -0.2) is 13.4 Å². The van der Waals surface area contributed by atoms with Crippen LogP contribution in [0, 0.1) is 0 Å². The van der Waals surface area contributed by atoms with Crippen molar-refractivity contribution in [3.63, 3.8) is 0 Å². The van der Waals surface area contributed by atoms with Crippen LogP contribution in [0.2, 0.25) is 0 Å². The monoisotopic (exact) mass is 624 g/mol. The Bertz CT molecular complexity index is 1720. The second-order valence-electron chi connectivity index (χ2n) is 10.7. The lowest BCUT2D eigenvalue weighted by Crippen LogP contribution is -2.49.